The van der Waals surface area contributed by atoms with Crippen LogP contribution in [0.3, 0.4) is 0 Å². The highest BCUT2D eigenvalue weighted by molar-refractivity contribution is 6.05. The van der Waals surface area contributed by atoms with Crippen LogP contribution >= 0.6 is 0 Å². The van der Waals surface area contributed by atoms with Gasteiger partial charge in [-0.2, -0.15) is 13.8 Å². The van der Waals surface area contributed by atoms with Gasteiger partial charge in [-0.05, 0) is 18.9 Å². The number of pyridine rings is 1. The third-order valence-electron chi connectivity index (χ3n) is 5.48. The Hall–Kier alpha value is -3.83. The number of rotatable bonds is 13. The molecular weight excluding hydrogens is 501 g/mol. The van der Waals surface area contributed by atoms with Crippen LogP contribution in [0, 0.1) is 0 Å². The van der Waals surface area contributed by atoms with Crippen molar-refractivity contribution in [2.45, 2.75) is 64.9 Å². The highest BCUT2D eigenvalue weighted by Crippen LogP contribution is 2.25. The molecule has 0 atom stereocenters. The molecule has 204 valence electrons. The molecule has 1 amide bonds. The molecular formula is C26H31F3N6O3. The highest BCUT2D eigenvalue weighted by atomic mass is 19.3. The summed E-state index contributed by atoms with van der Waals surface area (Å²) < 4.78 is 47.3. The number of ether oxygens (including phenoxy) is 1. The van der Waals surface area contributed by atoms with Gasteiger partial charge in [0, 0.05) is 42.1 Å². The molecule has 0 N–H and O–H groups in total. The zero-order valence-electron chi connectivity index (χ0n) is 21.7. The lowest BCUT2D eigenvalue weighted by molar-refractivity contribution is -0.115. The van der Waals surface area contributed by atoms with E-state index in [-0.39, 0.29) is 29.0 Å². The summed E-state index contributed by atoms with van der Waals surface area (Å²) in [5, 5.41) is 4.03. The first-order valence-electron chi connectivity index (χ1n) is 12.2. The molecule has 3 aromatic rings. The van der Waals surface area contributed by atoms with Crippen molar-refractivity contribution >= 4 is 11.6 Å². The van der Waals surface area contributed by atoms with Crippen LogP contribution in [0.25, 0.3) is 11.4 Å². The summed E-state index contributed by atoms with van der Waals surface area (Å²) in [5.41, 5.74) is 0.844. The van der Waals surface area contributed by atoms with Crippen molar-refractivity contribution in [3.63, 3.8) is 0 Å². The number of hydrogen-bond donors (Lipinski definition) is 0. The molecule has 0 radical (unpaired) electrons. The monoisotopic (exact) mass is 532 g/mol. The van der Waals surface area contributed by atoms with E-state index in [9.17, 15) is 18.0 Å². The second kappa shape index (κ2) is 13.1. The molecule has 0 aromatic carbocycles. The van der Waals surface area contributed by atoms with Crippen LogP contribution in [-0.2, 0) is 16.6 Å². The minimum atomic E-state index is -2.99. The predicted octanol–water partition coefficient (Wildman–Crippen LogP) is 5.48. The standard InChI is InChI=1S/C26H31F3N6O3/c1-17(9-10-27)23(36)35(11-7-5-6-8-21-33-24(38-34-21)26(2,3)4)19-12-18(13-30-14-19)22-31-15-20(16-32-22)37-25(28)29/h12-16,25H,1,5-11H2,2-4H3. The van der Waals surface area contributed by atoms with Gasteiger partial charge in [0.15, 0.2) is 17.4 Å². The molecule has 0 saturated carbocycles. The molecule has 0 unspecified atom stereocenters. The molecule has 3 rings (SSSR count). The number of amides is 1. The number of aromatic nitrogens is 5. The van der Waals surface area contributed by atoms with Gasteiger partial charge in [0.25, 0.3) is 5.91 Å². The van der Waals surface area contributed by atoms with E-state index in [1.54, 1.807) is 6.07 Å². The fraction of sp³-hybridized carbons (Fsp3) is 0.462. The van der Waals surface area contributed by atoms with Crippen LogP contribution in [0.2, 0.25) is 0 Å². The summed E-state index contributed by atoms with van der Waals surface area (Å²) in [6.45, 7) is 6.39. The quantitative estimate of drug-likeness (QED) is 0.210. The number of halogens is 3. The molecule has 12 heteroatoms. The van der Waals surface area contributed by atoms with Gasteiger partial charge >= 0.3 is 6.61 Å². The second-order valence-electron chi connectivity index (χ2n) is 9.63. The van der Waals surface area contributed by atoms with Gasteiger partial charge in [0.2, 0.25) is 5.89 Å². The summed E-state index contributed by atoms with van der Waals surface area (Å²) in [7, 11) is 0. The van der Waals surface area contributed by atoms with E-state index < -0.39 is 19.2 Å². The van der Waals surface area contributed by atoms with E-state index in [0.29, 0.717) is 42.4 Å². The molecule has 0 saturated heterocycles. The van der Waals surface area contributed by atoms with Gasteiger partial charge in [0.1, 0.15) is 0 Å². The van der Waals surface area contributed by atoms with Crippen LogP contribution < -0.4 is 9.64 Å². The Morgan fingerprint density at radius 2 is 1.87 bits per heavy atom. The Bertz CT molecular complexity index is 1210. The van der Waals surface area contributed by atoms with Crippen LogP contribution in [0.5, 0.6) is 5.75 Å². The van der Waals surface area contributed by atoms with Crippen LogP contribution in [0.15, 0.2) is 47.5 Å². The lowest BCUT2D eigenvalue weighted by Crippen LogP contribution is -2.33. The maximum atomic E-state index is 13.1. The number of unbranched alkanes of at least 4 members (excludes halogenated alkanes) is 2. The fourth-order valence-corrected chi connectivity index (χ4v) is 3.48. The molecule has 9 nitrogen and oxygen atoms in total. The molecule has 38 heavy (non-hydrogen) atoms. The first-order chi connectivity index (χ1) is 18.1. The Labute approximate surface area is 219 Å². The van der Waals surface area contributed by atoms with Gasteiger partial charge in [0.05, 0.1) is 31.0 Å². The van der Waals surface area contributed by atoms with E-state index in [4.69, 9.17) is 4.52 Å². The zero-order valence-corrected chi connectivity index (χ0v) is 21.7. The van der Waals surface area contributed by atoms with Crippen LogP contribution in [-0.4, -0.2) is 50.8 Å². The van der Waals surface area contributed by atoms with Crippen molar-refractivity contribution in [2.24, 2.45) is 0 Å². The van der Waals surface area contributed by atoms with Crippen molar-refractivity contribution in [3.05, 3.63) is 54.7 Å². The molecule has 0 bridgehead atoms. The van der Waals surface area contributed by atoms with E-state index in [0.717, 1.165) is 25.2 Å². The minimum Gasteiger partial charge on any atom is -0.432 e. The second-order valence-corrected chi connectivity index (χ2v) is 9.63. The van der Waals surface area contributed by atoms with Gasteiger partial charge < -0.3 is 14.2 Å². The smallest absolute Gasteiger partial charge is 0.387 e. The number of nitrogens with zero attached hydrogens (tertiary/aromatic N) is 6. The van der Waals surface area contributed by atoms with E-state index in [1.807, 2.05) is 20.8 Å². The van der Waals surface area contributed by atoms with Crippen LogP contribution in [0.4, 0.5) is 18.9 Å². The summed E-state index contributed by atoms with van der Waals surface area (Å²) in [6.07, 6.45) is 8.03. The lowest BCUT2D eigenvalue weighted by Gasteiger charge is -2.24. The summed E-state index contributed by atoms with van der Waals surface area (Å²) in [4.78, 5) is 31.3. The molecule has 3 heterocycles. The van der Waals surface area contributed by atoms with Gasteiger partial charge in [-0.1, -0.05) is 38.9 Å². The lowest BCUT2D eigenvalue weighted by atomic mass is 9.97. The Morgan fingerprint density at radius 1 is 1.13 bits per heavy atom. The highest BCUT2D eigenvalue weighted by Gasteiger charge is 2.22. The normalized spacial score (nSPS) is 11.6. The molecule has 0 aliphatic heterocycles. The molecule has 0 aliphatic carbocycles. The first kappa shape index (κ1) is 28.7. The Kier molecular flexibility index (Phi) is 9.91. The Balaban J connectivity index is 1.68. The summed E-state index contributed by atoms with van der Waals surface area (Å²) >= 11 is 0. The summed E-state index contributed by atoms with van der Waals surface area (Å²) in [6, 6.07) is 1.66. The van der Waals surface area contributed by atoms with E-state index >= 15 is 0 Å². The number of carbonyl (C=O) groups is 1. The topological polar surface area (TPSA) is 107 Å². The van der Waals surface area contributed by atoms with E-state index in [2.05, 4.69) is 36.4 Å². The molecule has 0 spiro atoms. The van der Waals surface area contributed by atoms with Gasteiger partial charge in [-0.3, -0.25) is 14.2 Å². The molecule has 0 fully saturated rings. The van der Waals surface area contributed by atoms with Crippen molar-refractivity contribution in [1.82, 2.24) is 25.1 Å². The SMILES string of the molecule is C=C(CCF)C(=O)N(CCCCCc1noc(C(C)(C)C)n1)c1cncc(-c2ncc(OC(F)F)cn2)c1. The maximum absolute atomic E-state index is 13.1. The number of hydrogen-bond acceptors (Lipinski definition) is 8. The largest absolute Gasteiger partial charge is 0.432 e. The van der Waals surface area contributed by atoms with Crippen molar-refractivity contribution in [2.75, 3.05) is 18.1 Å². The van der Waals surface area contributed by atoms with Gasteiger partial charge in [-0.15, -0.1) is 0 Å². The van der Waals surface area contributed by atoms with Gasteiger partial charge in [-0.25, -0.2) is 9.97 Å². The average Bonchev–Trinajstić information content (AvgIpc) is 3.36. The third kappa shape index (κ3) is 8.09. The maximum Gasteiger partial charge on any atom is 0.387 e. The zero-order chi connectivity index (χ0) is 27.7. The third-order valence-corrected chi connectivity index (χ3v) is 5.48. The molecule has 0 aliphatic rings. The number of aryl methyl sites for hydroxylation is 1. The van der Waals surface area contributed by atoms with Crippen LogP contribution in [0.1, 0.15) is 58.2 Å². The van der Waals surface area contributed by atoms with Crippen molar-refractivity contribution in [3.8, 4) is 17.1 Å². The number of anilines is 1. The first-order valence-corrected chi connectivity index (χ1v) is 12.2. The van der Waals surface area contributed by atoms with E-state index in [1.165, 1.54) is 17.3 Å². The number of carbonyl (C=O) groups excluding carboxylic acids is 1. The number of alkyl halides is 3. The Morgan fingerprint density at radius 3 is 2.50 bits per heavy atom. The summed E-state index contributed by atoms with van der Waals surface area (Å²) in [5.74, 6) is 0.855. The average molecular weight is 533 g/mol. The van der Waals surface area contributed by atoms with Crippen molar-refractivity contribution in [1.29, 1.82) is 0 Å². The molecule has 3 aromatic heterocycles. The van der Waals surface area contributed by atoms with Crippen molar-refractivity contribution < 1.29 is 27.2 Å². The fourth-order valence-electron chi connectivity index (χ4n) is 3.48. The minimum absolute atomic E-state index is 0.0783. The predicted molar refractivity (Wildman–Crippen MR) is 135 cm³/mol.